The number of benzene rings is 1. The number of piperidine rings is 1. The zero-order valence-electron chi connectivity index (χ0n) is 18.0. The summed E-state index contributed by atoms with van der Waals surface area (Å²) in [5, 5.41) is 3.06. The number of nitrogens with one attached hydrogen (secondary N) is 1. The molecule has 0 atom stereocenters. The Morgan fingerprint density at radius 2 is 1.67 bits per heavy atom. The molecule has 2 aliphatic rings. The average Bonchev–Trinajstić information content (AvgIpc) is 3.05. The van der Waals surface area contributed by atoms with E-state index in [4.69, 9.17) is 4.74 Å². The van der Waals surface area contributed by atoms with Crippen LogP contribution in [0, 0.1) is 5.92 Å². The molecule has 0 aliphatic carbocycles. The summed E-state index contributed by atoms with van der Waals surface area (Å²) in [7, 11) is -1.98. The molecule has 0 radical (unpaired) electrons. The number of sulfonamides is 1. The van der Waals surface area contributed by atoms with Gasteiger partial charge < -0.3 is 15.0 Å². The van der Waals surface area contributed by atoms with Crippen molar-refractivity contribution in [2.75, 3.05) is 46.4 Å². The Hall–Kier alpha value is -1.64. The Morgan fingerprint density at radius 3 is 2.27 bits per heavy atom. The minimum Gasteiger partial charge on any atom is -0.497 e. The molecule has 1 aromatic rings. The largest absolute Gasteiger partial charge is 0.497 e. The van der Waals surface area contributed by atoms with E-state index in [-0.39, 0.29) is 16.7 Å². The van der Waals surface area contributed by atoms with Crippen LogP contribution in [0.25, 0.3) is 0 Å². The third-order valence-corrected chi connectivity index (χ3v) is 8.08. The van der Waals surface area contributed by atoms with E-state index in [2.05, 4.69) is 10.2 Å². The minimum atomic E-state index is -3.53. The topological polar surface area (TPSA) is 79.0 Å². The predicted octanol–water partition coefficient (Wildman–Crippen LogP) is 2.48. The van der Waals surface area contributed by atoms with E-state index in [0.29, 0.717) is 38.2 Å². The second-order valence-corrected chi connectivity index (χ2v) is 10.2. The molecule has 0 bridgehead atoms. The number of carbonyl (C=O) groups excluding carboxylic acids is 1. The first-order valence-corrected chi connectivity index (χ1v) is 12.6. The first-order valence-electron chi connectivity index (χ1n) is 11.1. The number of methoxy groups -OCH3 is 1. The summed E-state index contributed by atoms with van der Waals surface area (Å²) in [4.78, 5) is 15.3. The minimum absolute atomic E-state index is 0.0624. The van der Waals surface area contributed by atoms with E-state index in [0.717, 1.165) is 13.0 Å². The number of likely N-dealkylation sites (tertiary alicyclic amines) is 1. The Balaban J connectivity index is 1.40. The second kappa shape index (κ2) is 11.1. The van der Waals surface area contributed by atoms with Crippen molar-refractivity contribution in [2.45, 2.75) is 49.8 Å². The summed E-state index contributed by atoms with van der Waals surface area (Å²) in [5.74, 6) is 0.582. The van der Waals surface area contributed by atoms with Gasteiger partial charge in [0.2, 0.25) is 15.9 Å². The lowest BCUT2D eigenvalue weighted by molar-refractivity contribution is -0.126. The van der Waals surface area contributed by atoms with Crippen molar-refractivity contribution >= 4 is 15.9 Å². The van der Waals surface area contributed by atoms with E-state index in [1.165, 1.54) is 43.1 Å². The number of hydrogen-bond acceptors (Lipinski definition) is 5. The molecule has 2 fully saturated rings. The molecule has 168 valence electrons. The first kappa shape index (κ1) is 23.0. The molecule has 8 heteroatoms. The van der Waals surface area contributed by atoms with Gasteiger partial charge in [0.25, 0.3) is 0 Å². The third kappa shape index (κ3) is 6.18. The number of nitrogens with zero attached hydrogens (tertiary/aromatic N) is 2. The molecule has 0 spiro atoms. The summed E-state index contributed by atoms with van der Waals surface area (Å²) in [6.45, 7) is 4.84. The van der Waals surface area contributed by atoms with Gasteiger partial charge in [0.05, 0.1) is 12.0 Å². The third-order valence-electron chi connectivity index (χ3n) is 6.17. The van der Waals surface area contributed by atoms with Crippen molar-refractivity contribution < 1.29 is 17.9 Å². The fourth-order valence-corrected chi connectivity index (χ4v) is 5.74. The summed E-state index contributed by atoms with van der Waals surface area (Å²) >= 11 is 0. The fourth-order valence-electron chi connectivity index (χ4n) is 4.27. The van der Waals surface area contributed by atoms with Crippen LogP contribution in [0.4, 0.5) is 0 Å². The van der Waals surface area contributed by atoms with E-state index in [1.54, 1.807) is 31.4 Å². The van der Waals surface area contributed by atoms with Crippen LogP contribution in [-0.2, 0) is 14.8 Å². The van der Waals surface area contributed by atoms with E-state index >= 15 is 0 Å². The number of amides is 1. The van der Waals surface area contributed by atoms with Gasteiger partial charge in [-0.05, 0) is 76.0 Å². The number of ether oxygens (including phenoxy) is 1. The van der Waals surface area contributed by atoms with Crippen LogP contribution in [0.3, 0.4) is 0 Å². The molecular weight excluding hydrogens is 402 g/mol. The van der Waals surface area contributed by atoms with Crippen LogP contribution in [0.15, 0.2) is 29.2 Å². The number of hydrogen-bond donors (Lipinski definition) is 1. The van der Waals surface area contributed by atoms with Crippen LogP contribution in [-0.4, -0.2) is 69.9 Å². The smallest absolute Gasteiger partial charge is 0.243 e. The highest BCUT2D eigenvalue weighted by Crippen LogP contribution is 2.25. The summed E-state index contributed by atoms with van der Waals surface area (Å²) in [6, 6.07) is 6.44. The van der Waals surface area contributed by atoms with Gasteiger partial charge in [-0.15, -0.1) is 0 Å². The van der Waals surface area contributed by atoms with Crippen LogP contribution < -0.4 is 10.1 Å². The normalized spacial score (nSPS) is 19.9. The Kier molecular flexibility index (Phi) is 8.53. The van der Waals surface area contributed by atoms with Gasteiger partial charge in [-0.3, -0.25) is 4.79 Å². The molecule has 0 aromatic heterocycles. The van der Waals surface area contributed by atoms with Gasteiger partial charge in [0.15, 0.2) is 0 Å². The maximum Gasteiger partial charge on any atom is 0.243 e. The van der Waals surface area contributed by atoms with Gasteiger partial charge in [0, 0.05) is 25.6 Å². The molecule has 30 heavy (non-hydrogen) atoms. The van der Waals surface area contributed by atoms with Crippen molar-refractivity contribution in [1.82, 2.24) is 14.5 Å². The molecule has 2 aliphatic heterocycles. The van der Waals surface area contributed by atoms with E-state index in [9.17, 15) is 13.2 Å². The Labute approximate surface area is 180 Å². The molecule has 2 saturated heterocycles. The molecule has 7 nitrogen and oxygen atoms in total. The lowest BCUT2D eigenvalue weighted by Crippen LogP contribution is -2.43. The maximum absolute atomic E-state index is 12.8. The van der Waals surface area contributed by atoms with Crippen LogP contribution in [0.5, 0.6) is 5.75 Å². The van der Waals surface area contributed by atoms with Gasteiger partial charge in [-0.25, -0.2) is 8.42 Å². The highest BCUT2D eigenvalue weighted by molar-refractivity contribution is 7.89. The maximum atomic E-state index is 12.8. The van der Waals surface area contributed by atoms with Crippen LogP contribution in [0.2, 0.25) is 0 Å². The van der Waals surface area contributed by atoms with Crippen LogP contribution >= 0.6 is 0 Å². The zero-order chi connectivity index (χ0) is 21.4. The van der Waals surface area contributed by atoms with Crippen molar-refractivity contribution in [3.63, 3.8) is 0 Å². The summed E-state index contributed by atoms with van der Waals surface area (Å²) in [6.07, 6.45) is 7.33. The molecule has 0 saturated carbocycles. The second-order valence-electron chi connectivity index (χ2n) is 8.25. The Morgan fingerprint density at radius 1 is 1.03 bits per heavy atom. The molecule has 3 rings (SSSR count). The van der Waals surface area contributed by atoms with Gasteiger partial charge in [-0.2, -0.15) is 4.31 Å². The van der Waals surface area contributed by atoms with E-state index in [1.807, 2.05) is 0 Å². The molecule has 1 amide bonds. The molecule has 1 N–H and O–H groups in total. The lowest BCUT2D eigenvalue weighted by Gasteiger charge is -2.30. The molecular formula is C22H35N3O4S. The Bertz CT molecular complexity index is 766. The predicted molar refractivity (Wildman–Crippen MR) is 117 cm³/mol. The van der Waals surface area contributed by atoms with Crippen LogP contribution in [0.1, 0.15) is 44.9 Å². The number of rotatable bonds is 8. The highest BCUT2D eigenvalue weighted by atomic mass is 32.2. The molecule has 1 aromatic carbocycles. The first-order chi connectivity index (χ1) is 14.5. The van der Waals surface area contributed by atoms with E-state index < -0.39 is 10.0 Å². The van der Waals surface area contributed by atoms with Crippen molar-refractivity contribution in [2.24, 2.45) is 5.92 Å². The zero-order valence-corrected chi connectivity index (χ0v) is 18.8. The standard InChI is InChI=1S/C22H35N3O4S/c1-29-20-7-9-21(10-8-20)30(27,28)25-17-11-19(12-18-25)22(26)23-13-6-16-24-14-4-2-3-5-15-24/h7-10,19H,2-6,11-18H2,1H3,(H,23,26). The van der Waals surface area contributed by atoms with Crippen molar-refractivity contribution in [3.8, 4) is 5.75 Å². The van der Waals surface area contributed by atoms with Crippen molar-refractivity contribution in [3.05, 3.63) is 24.3 Å². The monoisotopic (exact) mass is 437 g/mol. The average molecular weight is 438 g/mol. The van der Waals surface area contributed by atoms with Gasteiger partial charge >= 0.3 is 0 Å². The quantitative estimate of drug-likeness (QED) is 0.632. The number of carbonyl (C=O) groups is 1. The highest BCUT2D eigenvalue weighted by Gasteiger charge is 2.32. The van der Waals surface area contributed by atoms with Gasteiger partial charge in [0.1, 0.15) is 5.75 Å². The lowest BCUT2D eigenvalue weighted by atomic mass is 9.97. The van der Waals surface area contributed by atoms with Crippen molar-refractivity contribution in [1.29, 1.82) is 0 Å². The summed E-state index contributed by atoms with van der Waals surface area (Å²) < 4.78 is 32.2. The molecule has 0 unspecified atom stereocenters. The molecule has 2 heterocycles. The van der Waals surface area contributed by atoms with Gasteiger partial charge in [-0.1, -0.05) is 12.8 Å². The SMILES string of the molecule is COc1ccc(S(=O)(=O)N2CCC(C(=O)NCCCN3CCCCCC3)CC2)cc1. The fraction of sp³-hybridized carbons (Fsp3) is 0.682. The summed E-state index contributed by atoms with van der Waals surface area (Å²) in [5.41, 5.74) is 0.